The van der Waals surface area contributed by atoms with Gasteiger partial charge in [-0.2, -0.15) is 0 Å². The van der Waals surface area contributed by atoms with Crippen LogP contribution in [0.25, 0.3) is 0 Å². The summed E-state index contributed by atoms with van der Waals surface area (Å²) >= 11 is 2.01. The molecule has 3 nitrogen and oxygen atoms in total. The predicted molar refractivity (Wildman–Crippen MR) is 61.7 cm³/mol. The number of aliphatic hydroxyl groups excluding tert-OH is 1. The highest BCUT2D eigenvalue weighted by molar-refractivity contribution is 14.1. The van der Waals surface area contributed by atoms with E-state index in [0.717, 1.165) is 16.2 Å². The molecular weight excluding hydrogens is 298 g/mol. The Kier molecular flexibility index (Phi) is 4.53. The standard InChI is InChI=1S/C9H12FIN2O/c1-2-7(5-14)13-9-8(11)3-6(10)4-12-9/h3-4,7,14H,2,5H2,1H3,(H,12,13). The molecule has 0 aliphatic rings. The molecule has 0 radical (unpaired) electrons. The second kappa shape index (κ2) is 5.45. The predicted octanol–water partition coefficient (Wildman–Crippen LogP) is 2.01. The quantitative estimate of drug-likeness (QED) is 0.836. The van der Waals surface area contributed by atoms with Crippen molar-refractivity contribution in [1.82, 2.24) is 4.98 Å². The van der Waals surface area contributed by atoms with Gasteiger partial charge in [-0.1, -0.05) is 6.92 Å². The van der Waals surface area contributed by atoms with E-state index in [-0.39, 0.29) is 18.5 Å². The molecule has 14 heavy (non-hydrogen) atoms. The molecule has 0 aliphatic carbocycles. The van der Waals surface area contributed by atoms with Crippen molar-refractivity contribution in [2.24, 2.45) is 0 Å². The van der Waals surface area contributed by atoms with Gasteiger partial charge in [0.1, 0.15) is 11.6 Å². The largest absolute Gasteiger partial charge is 0.394 e. The van der Waals surface area contributed by atoms with Crippen LogP contribution < -0.4 is 5.32 Å². The Morgan fingerprint density at radius 3 is 2.93 bits per heavy atom. The Hall–Kier alpha value is -0.430. The van der Waals surface area contributed by atoms with E-state index in [1.54, 1.807) is 0 Å². The maximum Gasteiger partial charge on any atom is 0.142 e. The molecule has 2 N–H and O–H groups in total. The van der Waals surface area contributed by atoms with Crippen LogP contribution in [0.15, 0.2) is 12.3 Å². The summed E-state index contributed by atoms with van der Waals surface area (Å²) in [6.07, 6.45) is 1.96. The third kappa shape index (κ3) is 3.06. The summed E-state index contributed by atoms with van der Waals surface area (Å²) in [5, 5.41) is 12.0. The Balaban J connectivity index is 2.76. The molecule has 0 amide bonds. The third-order valence-electron chi connectivity index (χ3n) is 1.86. The molecule has 0 saturated carbocycles. The second-order valence-corrected chi connectivity index (χ2v) is 4.08. The lowest BCUT2D eigenvalue weighted by Crippen LogP contribution is -2.23. The summed E-state index contributed by atoms with van der Waals surface area (Å²) in [5.41, 5.74) is 0. The van der Waals surface area contributed by atoms with Crippen molar-refractivity contribution in [1.29, 1.82) is 0 Å². The number of anilines is 1. The third-order valence-corrected chi connectivity index (χ3v) is 2.68. The molecule has 0 aliphatic heterocycles. The van der Waals surface area contributed by atoms with Gasteiger partial charge in [-0.3, -0.25) is 0 Å². The number of rotatable bonds is 4. The van der Waals surface area contributed by atoms with Crippen molar-refractivity contribution < 1.29 is 9.50 Å². The number of pyridine rings is 1. The summed E-state index contributed by atoms with van der Waals surface area (Å²) in [5.74, 6) is 0.268. The number of aromatic nitrogens is 1. The lowest BCUT2D eigenvalue weighted by molar-refractivity contribution is 0.271. The van der Waals surface area contributed by atoms with Gasteiger partial charge in [0.2, 0.25) is 0 Å². The zero-order chi connectivity index (χ0) is 10.6. The second-order valence-electron chi connectivity index (χ2n) is 2.92. The molecule has 78 valence electrons. The van der Waals surface area contributed by atoms with Crippen LogP contribution in [0.4, 0.5) is 10.2 Å². The van der Waals surface area contributed by atoms with Crippen molar-refractivity contribution in [3.05, 3.63) is 21.7 Å². The summed E-state index contributed by atoms with van der Waals surface area (Å²) in [4.78, 5) is 3.91. The van der Waals surface area contributed by atoms with Gasteiger partial charge >= 0.3 is 0 Å². The van der Waals surface area contributed by atoms with E-state index in [0.29, 0.717) is 5.82 Å². The fourth-order valence-corrected chi connectivity index (χ4v) is 1.58. The van der Waals surface area contributed by atoms with Crippen LogP contribution in [0.3, 0.4) is 0 Å². The first kappa shape index (κ1) is 11.6. The van der Waals surface area contributed by atoms with Gasteiger partial charge in [-0.25, -0.2) is 9.37 Å². The van der Waals surface area contributed by atoms with E-state index in [9.17, 15) is 4.39 Å². The molecule has 0 spiro atoms. The van der Waals surface area contributed by atoms with Crippen LogP contribution in [0, 0.1) is 9.39 Å². The average Bonchev–Trinajstić information content (AvgIpc) is 2.17. The molecule has 1 unspecified atom stereocenters. The SMILES string of the molecule is CCC(CO)Nc1ncc(F)cc1I. The van der Waals surface area contributed by atoms with Gasteiger partial charge in [0.15, 0.2) is 0 Å². The van der Waals surface area contributed by atoms with Gasteiger partial charge in [-0.05, 0) is 35.1 Å². The van der Waals surface area contributed by atoms with E-state index >= 15 is 0 Å². The zero-order valence-corrected chi connectivity index (χ0v) is 9.95. The van der Waals surface area contributed by atoms with E-state index < -0.39 is 0 Å². The Morgan fingerprint density at radius 2 is 2.43 bits per heavy atom. The maximum atomic E-state index is 12.7. The van der Waals surface area contributed by atoms with Crippen molar-refractivity contribution >= 4 is 28.4 Å². The first-order valence-electron chi connectivity index (χ1n) is 4.35. The monoisotopic (exact) mass is 310 g/mol. The number of nitrogens with zero attached hydrogens (tertiary/aromatic N) is 1. The van der Waals surface area contributed by atoms with Crippen LogP contribution in [0.1, 0.15) is 13.3 Å². The van der Waals surface area contributed by atoms with Gasteiger partial charge in [0.25, 0.3) is 0 Å². The summed E-state index contributed by atoms with van der Waals surface area (Å²) in [6, 6.07) is 1.38. The normalized spacial score (nSPS) is 12.6. The Bertz CT molecular complexity index is 305. The minimum absolute atomic E-state index is 0.0264. The van der Waals surface area contributed by atoms with E-state index in [1.165, 1.54) is 6.07 Å². The lowest BCUT2D eigenvalue weighted by atomic mass is 10.2. The number of nitrogens with one attached hydrogen (secondary N) is 1. The minimum Gasteiger partial charge on any atom is -0.394 e. The Labute approximate surface area is 95.9 Å². The number of aliphatic hydroxyl groups is 1. The van der Waals surface area contributed by atoms with Crippen molar-refractivity contribution in [2.75, 3.05) is 11.9 Å². The molecule has 1 aromatic heterocycles. The molecule has 1 rings (SSSR count). The average molecular weight is 310 g/mol. The molecule has 0 aromatic carbocycles. The molecule has 5 heteroatoms. The highest BCUT2D eigenvalue weighted by Gasteiger charge is 2.08. The minimum atomic E-state index is -0.350. The van der Waals surface area contributed by atoms with Crippen LogP contribution in [-0.4, -0.2) is 22.7 Å². The topological polar surface area (TPSA) is 45.1 Å². The zero-order valence-electron chi connectivity index (χ0n) is 7.80. The van der Waals surface area contributed by atoms with Crippen molar-refractivity contribution in [2.45, 2.75) is 19.4 Å². The Morgan fingerprint density at radius 1 is 1.71 bits per heavy atom. The molecule has 1 aromatic rings. The van der Waals surface area contributed by atoms with Crippen LogP contribution in [0.5, 0.6) is 0 Å². The van der Waals surface area contributed by atoms with Crippen LogP contribution >= 0.6 is 22.6 Å². The molecular formula is C9H12FIN2O. The van der Waals surface area contributed by atoms with Crippen LogP contribution in [0.2, 0.25) is 0 Å². The highest BCUT2D eigenvalue weighted by atomic mass is 127. The van der Waals surface area contributed by atoms with E-state index in [1.807, 2.05) is 29.5 Å². The number of halogens is 2. The van der Waals surface area contributed by atoms with E-state index in [2.05, 4.69) is 10.3 Å². The summed E-state index contributed by atoms with van der Waals surface area (Å²) in [7, 11) is 0. The molecule has 0 fully saturated rings. The lowest BCUT2D eigenvalue weighted by Gasteiger charge is -2.15. The summed E-state index contributed by atoms with van der Waals surface area (Å²) in [6.45, 7) is 2.01. The fourth-order valence-electron chi connectivity index (χ4n) is 0.991. The van der Waals surface area contributed by atoms with Crippen molar-refractivity contribution in [3.8, 4) is 0 Å². The van der Waals surface area contributed by atoms with E-state index in [4.69, 9.17) is 5.11 Å². The molecule has 1 heterocycles. The maximum absolute atomic E-state index is 12.7. The molecule has 1 atom stereocenters. The van der Waals surface area contributed by atoms with Gasteiger partial charge in [0, 0.05) is 0 Å². The highest BCUT2D eigenvalue weighted by Crippen LogP contribution is 2.17. The van der Waals surface area contributed by atoms with Crippen molar-refractivity contribution in [3.63, 3.8) is 0 Å². The van der Waals surface area contributed by atoms with Gasteiger partial charge in [-0.15, -0.1) is 0 Å². The van der Waals surface area contributed by atoms with Gasteiger partial charge < -0.3 is 10.4 Å². The number of hydrogen-bond acceptors (Lipinski definition) is 3. The first-order valence-corrected chi connectivity index (χ1v) is 5.43. The summed E-state index contributed by atoms with van der Waals surface area (Å²) < 4.78 is 13.4. The number of hydrogen-bond donors (Lipinski definition) is 2. The molecule has 0 bridgehead atoms. The fraction of sp³-hybridized carbons (Fsp3) is 0.444. The smallest absolute Gasteiger partial charge is 0.142 e. The van der Waals surface area contributed by atoms with Crippen LogP contribution in [-0.2, 0) is 0 Å². The molecule has 0 saturated heterocycles. The van der Waals surface area contributed by atoms with Gasteiger partial charge in [0.05, 0.1) is 22.4 Å². The first-order chi connectivity index (χ1) is 6.67.